The van der Waals surface area contributed by atoms with Crippen molar-refractivity contribution in [2.45, 2.75) is 24.4 Å². The van der Waals surface area contributed by atoms with Gasteiger partial charge in [-0.05, 0) is 6.92 Å². The molecule has 0 radical (unpaired) electrons. The van der Waals surface area contributed by atoms with Crippen molar-refractivity contribution < 1.29 is 32.5 Å². The number of carboxylic acids is 1. The number of carboxylic acid groups (broad SMARTS) is 1. The number of ether oxygens (including phenoxy) is 2. The molecule has 0 aromatic rings. The fraction of sp³-hybridized carbons (Fsp3) is 0.889. The van der Waals surface area contributed by atoms with E-state index in [1.807, 2.05) is 0 Å². The second-order valence-electron chi connectivity index (χ2n) is 4.05. The molecule has 0 aromatic carbocycles. The van der Waals surface area contributed by atoms with Crippen molar-refractivity contribution in [3.63, 3.8) is 0 Å². The Morgan fingerprint density at radius 1 is 1.29 bits per heavy atom. The van der Waals surface area contributed by atoms with Gasteiger partial charge in [0.15, 0.2) is 5.79 Å². The summed E-state index contributed by atoms with van der Waals surface area (Å²) in [6.45, 7) is 0.134. The summed E-state index contributed by atoms with van der Waals surface area (Å²) in [6.07, 6.45) is -4.87. The fourth-order valence-electron chi connectivity index (χ4n) is 1.63. The normalized spacial score (nSPS) is 23.9. The molecule has 1 rings (SSSR count). The van der Waals surface area contributed by atoms with Crippen molar-refractivity contribution in [2.75, 3.05) is 27.3 Å². The van der Waals surface area contributed by atoms with E-state index >= 15 is 0 Å². The van der Waals surface area contributed by atoms with Crippen molar-refractivity contribution >= 4 is 5.97 Å². The van der Waals surface area contributed by atoms with Gasteiger partial charge in [0.1, 0.15) is 0 Å². The molecule has 1 saturated heterocycles. The second-order valence-corrected chi connectivity index (χ2v) is 4.05. The number of methoxy groups -OCH3 is 2. The third kappa shape index (κ3) is 2.00. The lowest BCUT2D eigenvalue weighted by atomic mass is 9.92. The predicted molar refractivity (Wildman–Crippen MR) is 50.4 cm³/mol. The first-order valence-corrected chi connectivity index (χ1v) is 4.78. The Balaban J connectivity index is 2.89. The van der Waals surface area contributed by atoms with Crippen molar-refractivity contribution in [3.05, 3.63) is 0 Å². The van der Waals surface area contributed by atoms with Gasteiger partial charge >= 0.3 is 12.1 Å². The smallest absolute Gasteiger partial charge is 0.417 e. The van der Waals surface area contributed by atoms with Crippen LogP contribution >= 0.6 is 0 Å². The molecule has 1 N–H and O–H groups in total. The second kappa shape index (κ2) is 4.11. The van der Waals surface area contributed by atoms with Crippen LogP contribution in [0.5, 0.6) is 0 Å². The molecule has 1 heterocycles. The third-order valence-corrected chi connectivity index (χ3v) is 3.21. The Morgan fingerprint density at radius 2 is 1.71 bits per heavy atom. The summed E-state index contributed by atoms with van der Waals surface area (Å²) < 4.78 is 48.2. The third-order valence-electron chi connectivity index (χ3n) is 3.21. The number of rotatable bonds is 4. The molecule has 17 heavy (non-hydrogen) atoms. The minimum absolute atomic E-state index is 0.248. The van der Waals surface area contributed by atoms with Gasteiger partial charge in [-0.25, -0.2) is 4.79 Å². The fourth-order valence-corrected chi connectivity index (χ4v) is 1.63. The monoisotopic (exact) mass is 257 g/mol. The number of alkyl halides is 3. The minimum atomic E-state index is -4.87. The molecule has 0 saturated carbocycles. The van der Waals surface area contributed by atoms with Crippen LogP contribution in [0.15, 0.2) is 0 Å². The van der Waals surface area contributed by atoms with Gasteiger partial charge in [-0.2, -0.15) is 13.2 Å². The number of carbonyl (C=O) groups is 1. The molecule has 8 heteroatoms. The van der Waals surface area contributed by atoms with Crippen LogP contribution < -0.4 is 0 Å². The quantitative estimate of drug-likeness (QED) is 0.751. The van der Waals surface area contributed by atoms with Gasteiger partial charge in [0.2, 0.25) is 5.54 Å². The zero-order valence-electron chi connectivity index (χ0n) is 9.67. The average molecular weight is 257 g/mol. The van der Waals surface area contributed by atoms with Crippen molar-refractivity contribution in [3.8, 4) is 0 Å². The van der Waals surface area contributed by atoms with Gasteiger partial charge in [0.05, 0.1) is 13.1 Å². The van der Waals surface area contributed by atoms with Crippen LogP contribution in [0.2, 0.25) is 0 Å². The van der Waals surface area contributed by atoms with Crippen LogP contribution in [0.25, 0.3) is 0 Å². The molecule has 1 atom stereocenters. The minimum Gasteiger partial charge on any atom is -0.480 e. The zero-order chi connectivity index (χ0) is 13.5. The van der Waals surface area contributed by atoms with E-state index in [1.165, 1.54) is 14.2 Å². The van der Waals surface area contributed by atoms with Gasteiger partial charge < -0.3 is 14.6 Å². The highest BCUT2D eigenvalue weighted by molar-refractivity contribution is 5.79. The summed E-state index contributed by atoms with van der Waals surface area (Å²) in [4.78, 5) is 11.6. The number of hydrogen-bond donors (Lipinski definition) is 1. The number of halogens is 3. The Hall–Kier alpha value is -0.860. The molecular formula is C9H14F3NO4. The molecule has 0 amide bonds. The topological polar surface area (TPSA) is 59.0 Å². The van der Waals surface area contributed by atoms with E-state index in [1.54, 1.807) is 0 Å². The lowest BCUT2D eigenvalue weighted by Crippen LogP contribution is -2.75. The Bertz CT molecular complexity index is 308. The first kappa shape index (κ1) is 14.2. The molecular weight excluding hydrogens is 243 g/mol. The van der Waals surface area contributed by atoms with Crippen LogP contribution in [-0.2, 0) is 14.3 Å². The molecule has 1 aliphatic heterocycles. The lowest BCUT2D eigenvalue weighted by molar-refractivity contribution is -0.322. The summed E-state index contributed by atoms with van der Waals surface area (Å²) >= 11 is 0. The summed E-state index contributed by atoms with van der Waals surface area (Å²) in [7, 11) is 2.60. The Morgan fingerprint density at radius 3 is 1.94 bits per heavy atom. The van der Waals surface area contributed by atoms with Crippen LogP contribution in [0.3, 0.4) is 0 Å². The van der Waals surface area contributed by atoms with E-state index in [4.69, 9.17) is 14.6 Å². The van der Waals surface area contributed by atoms with Gasteiger partial charge in [-0.15, -0.1) is 0 Å². The van der Waals surface area contributed by atoms with Crippen LogP contribution in [0, 0.1) is 0 Å². The van der Waals surface area contributed by atoms with Crippen molar-refractivity contribution in [2.24, 2.45) is 0 Å². The highest BCUT2D eigenvalue weighted by Crippen LogP contribution is 2.41. The van der Waals surface area contributed by atoms with E-state index in [0.717, 1.165) is 4.90 Å². The van der Waals surface area contributed by atoms with Gasteiger partial charge in [-0.1, -0.05) is 0 Å². The molecule has 5 nitrogen and oxygen atoms in total. The van der Waals surface area contributed by atoms with Gasteiger partial charge in [-0.3, -0.25) is 4.90 Å². The van der Waals surface area contributed by atoms with Crippen LogP contribution in [-0.4, -0.2) is 60.8 Å². The number of likely N-dealkylation sites (tertiary alicyclic amines) is 1. The molecule has 1 fully saturated rings. The first-order chi connectivity index (χ1) is 7.63. The maximum atomic E-state index is 12.8. The molecule has 0 spiro atoms. The van der Waals surface area contributed by atoms with Crippen LogP contribution in [0.1, 0.15) is 6.92 Å². The maximum Gasteiger partial charge on any atom is 0.417 e. The van der Waals surface area contributed by atoms with E-state index in [2.05, 4.69) is 0 Å². The molecule has 0 bridgehead atoms. The summed E-state index contributed by atoms with van der Waals surface area (Å²) in [5, 5.41) is 8.78. The van der Waals surface area contributed by atoms with E-state index in [0.29, 0.717) is 6.92 Å². The predicted octanol–water partition coefficient (Wildman–Crippen LogP) is 0.697. The molecule has 1 unspecified atom stereocenters. The van der Waals surface area contributed by atoms with Crippen molar-refractivity contribution in [1.82, 2.24) is 4.90 Å². The lowest BCUT2D eigenvalue weighted by Gasteiger charge is -2.53. The number of aliphatic carboxylic acids is 1. The number of hydrogen-bond acceptors (Lipinski definition) is 4. The SMILES string of the molecule is COC1(OC)CN(C(C)(C(=O)O)C(F)(F)F)C1. The standard InChI is InChI=1S/C9H14F3NO4/c1-7(6(14)15,9(10,11)12)13-4-8(5-13,16-2)17-3/h4-5H2,1-3H3,(H,14,15). The largest absolute Gasteiger partial charge is 0.480 e. The molecule has 0 aromatic heterocycles. The molecule has 1 aliphatic rings. The Labute approximate surface area is 96.1 Å². The maximum absolute atomic E-state index is 12.8. The highest BCUT2D eigenvalue weighted by Gasteiger charge is 2.66. The van der Waals surface area contributed by atoms with E-state index in [9.17, 15) is 18.0 Å². The summed E-state index contributed by atoms with van der Waals surface area (Å²) in [5.74, 6) is -3.09. The molecule has 100 valence electrons. The van der Waals surface area contributed by atoms with Crippen molar-refractivity contribution in [1.29, 1.82) is 0 Å². The van der Waals surface area contributed by atoms with Gasteiger partial charge in [0, 0.05) is 14.2 Å². The summed E-state index contributed by atoms with van der Waals surface area (Å²) in [6, 6.07) is 0. The van der Waals surface area contributed by atoms with Gasteiger partial charge in [0.25, 0.3) is 0 Å². The van der Waals surface area contributed by atoms with Crippen LogP contribution in [0.4, 0.5) is 13.2 Å². The van der Waals surface area contributed by atoms with E-state index in [-0.39, 0.29) is 13.1 Å². The average Bonchev–Trinajstić information content (AvgIpc) is 2.15. The highest BCUT2D eigenvalue weighted by atomic mass is 19.4. The Kier molecular flexibility index (Phi) is 3.43. The summed E-state index contributed by atoms with van der Waals surface area (Å²) in [5.41, 5.74) is -2.92. The zero-order valence-corrected chi connectivity index (χ0v) is 9.67. The molecule has 0 aliphatic carbocycles. The number of nitrogens with zero attached hydrogens (tertiary/aromatic N) is 1. The first-order valence-electron chi connectivity index (χ1n) is 4.78. The van der Waals surface area contributed by atoms with E-state index < -0.39 is 23.5 Å².